The van der Waals surface area contributed by atoms with Gasteiger partial charge in [-0.05, 0) is 12.1 Å². The summed E-state index contributed by atoms with van der Waals surface area (Å²) in [5.41, 5.74) is 0.993. The minimum atomic E-state index is -0.0286. The maximum atomic E-state index is 12.3. The molecule has 0 aliphatic rings. The molecule has 0 atom stereocenters. The molecule has 5 nitrogen and oxygen atoms in total. The number of aromatic nitrogens is 2. The molecule has 1 amide bonds. The molecule has 2 aromatic rings. The van der Waals surface area contributed by atoms with Gasteiger partial charge in [-0.15, -0.1) is 11.3 Å². The summed E-state index contributed by atoms with van der Waals surface area (Å²) < 4.78 is 1.72. The van der Waals surface area contributed by atoms with E-state index in [1.807, 2.05) is 19.3 Å². The first-order valence-electron chi connectivity index (χ1n) is 6.52. The predicted octanol–water partition coefficient (Wildman–Crippen LogP) is 1.49. The number of rotatable bonds is 4. The van der Waals surface area contributed by atoms with Gasteiger partial charge in [-0.3, -0.25) is 9.48 Å². The lowest BCUT2D eigenvalue weighted by molar-refractivity contribution is 0.0790. The van der Waals surface area contributed by atoms with Crippen LogP contribution in [-0.4, -0.2) is 39.3 Å². The smallest absolute Gasteiger partial charge is 0.264 e. The molecule has 0 aromatic carbocycles. The Kier molecular flexibility index (Phi) is 5.14. The molecule has 1 N–H and O–H groups in total. The van der Waals surface area contributed by atoms with Gasteiger partial charge in [0, 0.05) is 38.8 Å². The van der Waals surface area contributed by atoms with Crippen molar-refractivity contribution in [1.82, 2.24) is 14.7 Å². The number of carbonyl (C=O) groups excluding carboxylic acids is 1. The van der Waals surface area contributed by atoms with Crippen molar-refractivity contribution in [3.8, 4) is 11.8 Å². The molecule has 0 unspecified atom stereocenters. The first-order valence-corrected chi connectivity index (χ1v) is 7.34. The number of hydrogen-bond acceptors (Lipinski definition) is 4. The third kappa shape index (κ3) is 4.18. The van der Waals surface area contributed by atoms with E-state index >= 15 is 0 Å². The van der Waals surface area contributed by atoms with Crippen molar-refractivity contribution in [3.05, 3.63) is 39.8 Å². The van der Waals surface area contributed by atoms with Crippen molar-refractivity contribution >= 4 is 17.2 Å². The SMILES string of the molecule is CN(Cc1cnn(C)c1)C(=O)c1ccc(C#CCCO)s1. The lowest BCUT2D eigenvalue weighted by Crippen LogP contribution is -2.25. The summed E-state index contributed by atoms with van der Waals surface area (Å²) in [4.78, 5) is 15.5. The van der Waals surface area contributed by atoms with Gasteiger partial charge in [0.25, 0.3) is 5.91 Å². The molecule has 0 spiro atoms. The molecule has 0 saturated heterocycles. The third-order valence-electron chi connectivity index (χ3n) is 2.79. The Morgan fingerprint density at radius 1 is 1.52 bits per heavy atom. The molecule has 2 heterocycles. The molecular weight excluding hydrogens is 286 g/mol. The normalized spacial score (nSPS) is 10.0. The van der Waals surface area contributed by atoms with Gasteiger partial charge in [-0.2, -0.15) is 5.10 Å². The predicted molar refractivity (Wildman–Crippen MR) is 81.9 cm³/mol. The Morgan fingerprint density at radius 2 is 2.33 bits per heavy atom. The summed E-state index contributed by atoms with van der Waals surface area (Å²) in [7, 11) is 3.62. The van der Waals surface area contributed by atoms with Crippen LogP contribution in [0.3, 0.4) is 0 Å². The average molecular weight is 303 g/mol. The van der Waals surface area contributed by atoms with E-state index in [0.29, 0.717) is 17.8 Å². The molecule has 2 rings (SSSR count). The maximum Gasteiger partial charge on any atom is 0.264 e. The molecule has 0 radical (unpaired) electrons. The Balaban J connectivity index is 2.01. The van der Waals surface area contributed by atoms with Crippen molar-refractivity contribution in [1.29, 1.82) is 0 Å². The zero-order chi connectivity index (χ0) is 15.2. The van der Waals surface area contributed by atoms with Gasteiger partial charge in [-0.1, -0.05) is 11.8 Å². The minimum Gasteiger partial charge on any atom is -0.395 e. The first-order chi connectivity index (χ1) is 10.1. The highest BCUT2D eigenvalue weighted by Crippen LogP contribution is 2.18. The fraction of sp³-hybridized carbons (Fsp3) is 0.333. The number of nitrogens with zero attached hydrogens (tertiary/aromatic N) is 3. The Morgan fingerprint density at radius 3 is 3.00 bits per heavy atom. The summed E-state index contributed by atoms with van der Waals surface area (Å²) in [5, 5.41) is 12.8. The van der Waals surface area contributed by atoms with Crippen molar-refractivity contribution in [3.63, 3.8) is 0 Å². The average Bonchev–Trinajstić information content (AvgIpc) is 3.08. The van der Waals surface area contributed by atoms with E-state index in [4.69, 9.17) is 5.11 Å². The van der Waals surface area contributed by atoms with Crippen LogP contribution in [0, 0.1) is 11.8 Å². The van der Waals surface area contributed by atoms with Gasteiger partial charge < -0.3 is 10.0 Å². The second kappa shape index (κ2) is 7.07. The molecule has 2 aromatic heterocycles. The van der Waals surface area contributed by atoms with Gasteiger partial charge in [-0.25, -0.2) is 0 Å². The minimum absolute atomic E-state index is 0.0286. The molecule has 0 aliphatic heterocycles. The highest BCUT2D eigenvalue weighted by molar-refractivity contribution is 7.14. The van der Waals surface area contributed by atoms with Crippen LogP contribution in [0.25, 0.3) is 0 Å². The lowest BCUT2D eigenvalue weighted by atomic mass is 10.3. The largest absolute Gasteiger partial charge is 0.395 e. The van der Waals surface area contributed by atoms with Crippen molar-refractivity contribution in [2.75, 3.05) is 13.7 Å². The van der Waals surface area contributed by atoms with Crippen LogP contribution < -0.4 is 0 Å². The second-order valence-electron chi connectivity index (χ2n) is 4.62. The van der Waals surface area contributed by atoms with E-state index < -0.39 is 0 Å². The van der Waals surface area contributed by atoms with Gasteiger partial charge in [0.1, 0.15) is 0 Å². The van der Waals surface area contributed by atoms with Crippen molar-refractivity contribution < 1.29 is 9.90 Å². The number of thiophene rings is 1. The molecular formula is C15H17N3O2S. The molecule has 0 bridgehead atoms. The molecule has 110 valence electrons. The van der Waals surface area contributed by atoms with E-state index in [2.05, 4.69) is 16.9 Å². The summed E-state index contributed by atoms with van der Waals surface area (Å²) >= 11 is 1.37. The maximum absolute atomic E-state index is 12.3. The van der Waals surface area contributed by atoms with Gasteiger partial charge in [0.05, 0.1) is 22.6 Å². The zero-order valence-corrected chi connectivity index (χ0v) is 12.9. The highest BCUT2D eigenvalue weighted by atomic mass is 32.1. The van der Waals surface area contributed by atoms with Crippen molar-refractivity contribution in [2.45, 2.75) is 13.0 Å². The van der Waals surface area contributed by atoms with Crippen LogP contribution >= 0.6 is 11.3 Å². The van der Waals surface area contributed by atoms with E-state index in [9.17, 15) is 4.79 Å². The number of aliphatic hydroxyl groups is 1. The van der Waals surface area contributed by atoms with E-state index in [-0.39, 0.29) is 12.5 Å². The monoisotopic (exact) mass is 303 g/mol. The van der Waals surface area contributed by atoms with Gasteiger partial charge in [0.2, 0.25) is 0 Å². The first kappa shape index (κ1) is 15.3. The molecule has 6 heteroatoms. The fourth-order valence-electron chi connectivity index (χ4n) is 1.81. The van der Waals surface area contributed by atoms with Crippen LogP contribution in [-0.2, 0) is 13.6 Å². The van der Waals surface area contributed by atoms with Crippen molar-refractivity contribution in [2.24, 2.45) is 7.05 Å². The quantitative estimate of drug-likeness (QED) is 0.871. The van der Waals surface area contributed by atoms with Gasteiger partial charge in [0.15, 0.2) is 0 Å². The molecule has 0 aliphatic carbocycles. The number of aliphatic hydroxyl groups excluding tert-OH is 1. The number of aryl methyl sites for hydroxylation is 1. The third-order valence-corrected chi connectivity index (χ3v) is 3.78. The number of carbonyl (C=O) groups is 1. The van der Waals surface area contributed by atoms with Crippen LogP contribution in [0.1, 0.15) is 26.5 Å². The second-order valence-corrected chi connectivity index (χ2v) is 5.71. The van der Waals surface area contributed by atoms with Crippen LogP contribution in [0.4, 0.5) is 0 Å². The topological polar surface area (TPSA) is 58.4 Å². The van der Waals surface area contributed by atoms with E-state index in [1.54, 1.807) is 28.9 Å². The van der Waals surface area contributed by atoms with Crippen LogP contribution in [0.15, 0.2) is 24.5 Å². The standard InChI is InChI=1S/C15H17N3O2S/c1-17(10-12-9-16-18(2)11-12)15(20)14-7-6-13(21-14)5-3-4-8-19/h6-7,9,11,19H,4,8,10H2,1-2H3. The summed E-state index contributed by atoms with van der Waals surface area (Å²) in [6.45, 7) is 0.577. The van der Waals surface area contributed by atoms with Crippen LogP contribution in [0.5, 0.6) is 0 Å². The summed E-state index contributed by atoms with van der Waals surface area (Å²) in [6.07, 6.45) is 4.09. The van der Waals surface area contributed by atoms with E-state index in [0.717, 1.165) is 10.4 Å². The van der Waals surface area contributed by atoms with E-state index in [1.165, 1.54) is 11.3 Å². The Hall–Kier alpha value is -2.10. The molecule has 21 heavy (non-hydrogen) atoms. The summed E-state index contributed by atoms with van der Waals surface area (Å²) in [6, 6.07) is 3.62. The zero-order valence-electron chi connectivity index (χ0n) is 12.0. The lowest BCUT2D eigenvalue weighted by Gasteiger charge is -2.14. The van der Waals surface area contributed by atoms with Crippen LogP contribution in [0.2, 0.25) is 0 Å². The number of amides is 1. The molecule has 0 saturated carbocycles. The fourth-order valence-corrected chi connectivity index (χ4v) is 2.69. The Labute approximate surface area is 127 Å². The summed E-state index contributed by atoms with van der Waals surface area (Å²) in [5.74, 6) is 5.76. The number of hydrogen-bond donors (Lipinski definition) is 1. The highest BCUT2D eigenvalue weighted by Gasteiger charge is 2.14. The van der Waals surface area contributed by atoms with Gasteiger partial charge >= 0.3 is 0 Å². The Bertz CT molecular complexity index is 678. The molecule has 0 fully saturated rings.